The molecule has 17 heavy (non-hydrogen) atoms. The fourth-order valence-corrected chi connectivity index (χ4v) is 2.56. The van der Waals surface area contributed by atoms with Gasteiger partial charge in [-0.05, 0) is 35.8 Å². The summed E-state index contributed by atoms with van der Waals surface area (Å²) in [6.07, 6.45) is 1.94. The fourth-order valence-electron chi connectivity index (χ4n) is 2.09. The maximum absolute atomic E-state index is 12.4. The van der Waals surface area contributed by atoms with E-state index in [1.807, 2.05) is 35.6 Å². The lowest BCUT2D eigenvalue weighted by atomic mass is 10.2. The van der Waals surface area contributed by atoms with E-state index in [4.69, 9.17) is 4.74 Å². The van der Waals surface area contributed by atoms with Crippen LogP contribution < -0.4 is 0 Å². The summed E-state index contributed by atoms with van der Waals surface area (Å²) < 4.78 is 8.26. The molecule has 0 saturated carbocycles. The summed E-state index contributed by atoms with van der Waals surface area (Å²) in [5, 5.41) is 0. The lowest BCUT2D eigenvalue weighted by Crippen LogP contribution is -2.47. The molecule has 1 fully saturated rings. The molecular weight excluding hydrogens is 284 g/mol. The topological polar surface area (TPSA) is 34.5 Å². The number of ether oxygens (including phenoxy) is 1. The molecule has 0 radical (unpaired) electrons. The molecule has 0 unspecified atom stereocenters. The van der Waals surface area contributed by atoms with Crippen molar-refractivity contribution < 1.29 is 9.53 Å². The normalized spacial score (nSPS) is 20.6. The van der Waals surface area contributed by atoms with Gasteiger partial charge in [0.15, 0.2) is 0 Å². The van der Waals surface area contributed by atoms with Crippen molar-refractivity contribution in [2.24, 2.45) is 0 Å². The molecule has 1 aliphatic heterocycles. The summed E-state index contributed by atoms with van der Waals surface area (Å²) in [4.78, 5) is 14.3. The van der Waals surface area contributed by atoms with Crippen molar-refractivity contribution in [3.63, 3.8) is 0 Å². The van der Waals surface area contributed by atoms with Gasteiger partial charge in [-0.3, -0.25) is 4.79 Å². The Morgan fingerprint density at radius 2 is 2.41 bits per heavy atom. The summed E-state index contributed by atoms with van der Waals surface area (Å²) in [7, 11) is 0. The van der Waals surface area contributed by atoms with E-state index in [-0.39, 0.29) is 11.9 Å². The highest BCUT2D eigenvalue weighted by atomic mass is 79.9. The van der Waals surface area contributed by atoms with Gasteiger partial charge in [0.2, 0.25) is 0 Å². The van der Waals surface area contributed by atoms with Gasteiger partial charge in [0.1, 0.15) is 5.69 Å². The van der Waals surface area contributed by atoms with Gasteiger partial charge in [0.05, 0.1) is 19.3 Å². The van der Waals surface area contributed by atoms with E-state index in [0.717, 1.165) is 16.7 Å². The molecule has 2 heterocycles. The number of halogens is 1. The van der Waals surface area contributed by atoms with Crippen LogP contribution in [0.2, 0.25) is 0 Å². The first-order valence-electron chi connectivity index (χ1n) is 5.88. The third kappa shape index (κ3) is 2.55. The van der Waals surface area contributed by atoms with Crippen LogP contribution in [0.25, 0.3) is 0 Å². The van der Waals surface area contributed by atoms with Gasteiger partial charge in [0, 0.05) is 23.8 Å². The average Bonchev–Trinajstić information content (AvgIpc) is 2.70. The molecule has 0 N–H and O–H groups in total. The van der Waals surface area contributed by atoms with Crippen molar-refractivity contribution in [1.29, 1.82) is 0 Å². The van der Waals surface area contributed by atoms with Crippen LogP contribution in [0, 0.1) is 0 Å². The van der Waals surface area contributed by atoms with Crippen LogP contribution in [0.4, 0.5) is 0 Å². The van der Waals surface area contributed by atoms with E-state index in [0.29, 0.717) is 19.8 Å². The number of rotatable bonds is 2. The second-order valence-corrected chi connectivity index (χ2v) is 5.17. The highest BCUT2D eigenvalue weighted by molar-refractivity contribution is 9.10. The minimum atomic E-state index is 0.0911. The Bertz CT molecular complexity index is 417. The Labute approximate surface area is 110 Å². The third-order valence-electron chi connectivity index (χ3n) is 3.05. The summed E-state index contributed by atoms with van der Waals surface area (Å²) in [5.41, 5.74) is 0.744. The predicted octanol–water partition coefficient (Wildman–Crippen LogP) is 2.13. The Morgan fingerprint density at radius 3 is 3.06 bits per heavy atom. The molecule has 94 valence electrons. The van der Waals surface area contributed by atoms with Gasteiger partial charge >= 0.3 is 0 Å². The van der Waals surface area contributed by atoms with Crippen LogP contribution in [0.3, 0.4) is 0 Å². The lowest BCUT2D eigenvalue weighted by molar-refractivity contribution is 0.00303. The highest BCUT2D eigenvalue weighted by Crippen LogP contribution is 2.18. The minimum absolute atomic E-state index is 0.0911. The van der Waals surface area contributed by atoms with Crippen LogP contribution in [0.1, 0.15) is 24.3 Å². The SMILES string of the molecule is CCn1cc(Br)cc1C(=O)N1CCOC[C@H]1C. The van der Waals surface area contributed by atoms with Crippen molar-refractivity contribution >= 4 is 21.8 Å². The van der Waals surface area contributed by atoms with Gasteiger partial charge in [-0.15, -0.1) is 0 Å². The summed E-state index contributed by atoms with van der Waals surface area (Å²) >= 11 is 3.41. The van der Waals surface area contributed by atoms with Gasteiger partial charge in [-0.25, -0.2) is 0 Å². The van der Waals surface area contributed by atoms with Crippen LogP contribution >= 0.6 is 15.9 Å². The Balaban J connectivity index is 2.23. The molecule has 0 bridgehead atoms. The van der Waals surface area contributed by atoms with E-state index in [2.05, 4.69) is 15.9 Å². The highest BCUT2D eigenvalue weighted by Gasteiger charge is 2.26. The lowest BCUT2D eigenvalue weighted by Gasteiger charge is -2.33. The number of hydrogen-bond donors (Lipinski definition) is 0. The molecule has 5 heteroatoms. The summed E-state index contributed by atoms with van der Waals surface area (Å²) in [5.74, 6) is 0.0911. The molecule has 1 aliphatic rings. The average molecular weight is 301 g/mol. The maximum Gasteiger partial charge on any atom is 0.270 e. The molecule has 1 aromatic rings. The third-order valence-corrected chi connectivity index (χ3v) is 3.49. The molecule has 4 nitrogen and oxygen atoms in total. The van der Waals surface area contributed by atoms with Crippen LogP contribution in [0.5, 0.6) is 0 Å². The van der Waals surface area contributed by atoms with Crippen LogP contribution in [-0.4, -0.2) is 41.2 Å². The van der Waals surface area contributed by atoms with Gasteiger partial charge in [-0.1, -0.05) is 0 Å². The van der Waals surface area contributed by atoms with E-state index >= 15 is 0 Å². The second-order valence-electron chi connectivity index (χ2n) is 4.25. The summed E-state index contributed by atoms with van der Waals surface area (Å²) in [6.45, 7) is 6.78. The first kappa shape index (κ1) is 12.6. The molecule has 1 saturated heterocycles. The largest absolute Gasteiger partial charge is 0.377 e. The van der Waals surface area contributed by atoms with E-state index in [9.17, 15) is 4.79 Å². The second kappa shape index (κ2) is 5.23. The Hall–Kier alpha value is -0.810. The van der Waals surface area contributed by atoms with Gasteiger partial charge in [0.25, 0.3) is 5.91 Å². The molecule has 1 aromatic heterocycles. The molecular formula is C12H17BrN2O2. The molecule has 1 atom stereocenters. The zero-order chi connectivity index (χ0) is 12.4. The van der Waals surface area contributed by atoms with Crippen molar-refractivity contribution in [3.05, 3.63) is 22.4 Å². The molecule has 1 amide bonds. The predicted molar refractivity (Wildman–Crippen MR) is 69.1 cm³/mol. The smallest absolute Gasteiger partial charge is 0.270 e. The van der Waals surface area contributed by atoms with E-state index in [1.165, 1.54) is 0 Å². The number of aromatic nitrogens is 1. The number of carbonyl (C=O) groups excluding carboxylic acids is 1. The molecule has 0 spiro atoms. The van der Waals surface area contributed by atoms with Crippen molar-refractivity contribution in [2.45, 2.75) is 26.4 Å². The fraction of sp³-hybridized carbons (Fsp3) is 0.583. The minimum Gasteiger partial charge on any atom is -0.377 e. The Kier molecular flexibility index (Phi) is 3.89. The van der Waals surface area contributed by atoms with Gasteiger partial charge in [-0.2, -0.15) is 0 Å². The monoisotopic (exact) mass is 300 g/mol. The zero-order valence-corrected chi connectivity index (χ0v) is 11.7. The first-order chi connectivity index (χ1) is 8.13. The zero-order valence-electron chi connectivity index (χ0n) is 10.1. The summed E-state index contributed by atoms with van der Waals surface area (Å²) in [6, 6.07) is 2.03. The Morgan fingerprint density at radius 1 is 1.65 bits per heavy atom. The van der Waals surface area contributed by atoms with E-state index in [1.54, 1.807) is 0 Å². The number of aryl methyl sites for hydroxylation is 1. The van der Waals surface area contributed by atoms with Crippen molar-refractivity contribution in [2.75, 3.05) is 19.8 Å². The number of carbonyl (C=O) groups is 1. The van der Waals surface area contributed by atoms with Crippen LogP contribution in [-0.2, 0) is 11.3 Å². The number of morpholine rings is 1. The number of hydrogen-bond acceptors (Lipinski definition) is 2. The van der Waals surface area contributed by atoms with Crippen molar-refractivity contribution in [3.8, 4) is 0 Å². The van der Waals surface area contributed by atoms with E-state index < -0.39 is 0 Å². The first-order valence-corrected chi connectivity index (χ1v) is 6.67. The number of amides is 1. The van der Waals surface area contributed by atoms with Crippen LogP contribution in [0.15, 0.2) is 16.7 Å². The quantitative estimate of drug-likeness (QED) is 0.838. The standard InChI is InChI=1S/C12H17BrN2O2/c1-3-14-7-10(13)6-11(14)12(16)15-4-5-17-8-9(15)2/h6-7,9H,3-5,8H2,1-2H3/t9-/m1/s1. The molecule has 2 rings (SSSR count). The number of nitrogens with zero attached hydrogens (tertiary/aromatic N) is 2. The van der Waals surface area contributed by atoms with Gasteiger partial charge < -0.3 is 14.2 Å². The molecule has 0 aliphatic carbocycles. The van der Waals surface area contributed by atoms with Crippen molar-refractivity contribution in [1.82, 2.24) is 9.47 Å². The maximum atomic E-state index is 12.4. The molecule has 0 aromatic carbocycles.